The molecule has 0 radical (unpaired) electrons. The highest BCUT2D eigenvalue weighted by molar-refractivity contribution is 4.47. The maximum Gasteiger partial charge on any atom is -0.00248 e. The Hall–Kier alpha value is -0.0400. The van der Waals surface area contributed by atoms with Crippen molar-refractivity contribution in [3.05, 3.63) is 0 Å². The maximum atomic E-state index is 2.27. The highest BCUT2D eigenvalue weighted by Crippen LogP contribution is 2.06. The van der Waals surface area contributed by atoms with E-state index in [2.05, 4.69) is 25.9 Å². The average Bonchev–Trinajstić information content (AvgIpc) is 2.02. The average molecular weight is 171 g/mol. The van der Waals surface area contributed by atoms with Gasteiger partial charge in [0.25, 0.3) is 0 Å². The molecule has 0 spiro atoms. The van der Waals surface area contributed by atoms with Crippen LogP contribution in [0.3, 0.4) is 0 Å². The lowest BCUT2D eigenvalue weighted by Gasteiger charge is -2.08. The van der Waals surface area contributed by atoms with Crippen molar-refractivity contribution in [2.45, 2.75) is 51.9 Å². The van der Waals surface area contributed by atoms with Gasteiger partial charge in [-0.2, -0.15) is 0 Å². The highest BCUT2D eigenvalue weighted by atomic mass is 15.0. The first-order valence-electron chi connectivity index (χ1n) is 5.42. The first-order chi connectivity index (χ1) is 5.77. The van der Waals surface area contributed by atoms with Gasteiger partial charge in [-0.15, -0.1) is 0 Å². The van der Waals surface area contributed by atoms with E-state index in [1.54, 1.807) is 0 Å². The third-order valence-corrected chi connectivity index (χ3v) is 2.21. The van der Waals surface area contributed by atoms with Crippen molar-refractivity contribution in [1.82, 2.24) is 4.90 Å². The van der Waals surface area contributed by atoms with E-state index in [1.165, 1.54) is 51.5 Å². The summed E-state index contributed by atoms with van der Waals surface area (Å²) in [5, 5.41) is 0. The molecule has 0 saturated carbocycles. The molecule has 0 unspecified atom stereocenters. The predicted octanol–water partition coefficient (Wildman–Crippen LogP) is 3.30. The van der Waals surface area contributed by atoms with Gasteiger partial charge in [0, 0.05) is 0 Å². The van der Waals surface area contributed by atoms with Gasteiger partial charge in [-0.3, -0.25) is 0 Å². The van der Waals surface area contributed by atoms with Gasteiger partial charge >= 0.3 is 0 Å². The monoisotopic (exact) mass is 171 g/mol. The summed E-state index contributed by atoms with van der Waals surface area (Å²) >= 11 is 0. The highest BCUT2D eigenvalue weighted by Gasteiger charge is 1.91. The van der Waals surface area contributed by atoms with E-state index in [-0.39, 0.29) is 0 Å². The summed E-state index contributed by atoms with van der Waals surface area (Å²) in [5.74, 6) is 0. The number of rotatable bonds is 8. The Morgan fingerprint density at radius 3 is 1.75 bits per heavy atom. The SMILES string of the molecule is CCCCCCCCCN(C)C. The molecular weight excluding hydrogens is 146 g/mol. The summed E-state index contributed by atoms with van der Waals surface area (Å²) in [6.45, 7) is 3.53. The van der Waals surface area contributed by atoms with E-state index in [0.29, 0.717) is 0 Å². The minimum atomic E-state index is 1.26. The molecule has 1 nitrogen and oxygen atoms in total. The molecule has 1 heteroatoms. The molecule has 0 aliphatic carbocycles. The van der Waals surface area contributed by atoms with Crippen LogP contribution < -0.4 is 0 Å². The van der Waals surface area contributed by atoms with Crippen molar-refractivity contribution in [2.75, 3.05) is 20.6 Å². The fraction of sp³-hybridized carbons (Fsp3) is 1.00. The van der Waals surface area contributed by atoms with Crippen molar-refractivity contribution in [2.24, 2.45) is 0 Å². The lowest BCUT2D eigenvalue weighted by atomic mass is 10.1. The molecule has 0 saturated heterocycles. The molecular formula is C11H25N. The first kappa shape index (κ1) is 12.0. The second-order valence-corrected chi connectivity index (χ2v) is 3.92. The number of hydrogen-bond acceptors (Lipinski definition) is 1. The van der Waals surface area contributed by atoms with Crippen molar-refractivity contribution < 1.29 is 0 Å². The third kappa shape index (κ3) is 9.96. The zero-order valence-electron chi connectivity index (χ0n) is 9.10. The van der Waals surface area contributed by atoms with Crippen LogP contribution in [0, 0.1) is 0 Å². The van der Waals surface area contributed by atoms with Crippen LogP contribution in [0.1, 0.15) is 51.9 Å². The largest absolute Gasteiger partial charge is 0.309 e. The molecule has 0 fully saturated rings. The van der Waals surface area contributed by atoms with Crippen molar-refractivity contribution in [1.29, 1.82) is 0 Å². The third-order valence-electron chi connectivity index (χ3n) is 2.21. The molecule has 0 rings (SSSR count). The molecule has 0 amide bonds. The van der Waals surface area contributed by atoms with Crippen LogP contribution in [0.5, 0.6) is 0 Å². The van der Waals surface area contributed by atoms with Gasteiger partial charge in [0.05, 0.1) is 0 Å². The van der Waals surface area contributed by atoms with Gasteiger partial charge in [-0.1, -0.05) is 45.4 Å². The van der Waals surface area contributed by atoms with Crippen LogP contribution >= 0.6 is 0 Å². The normalized spacial score (nSPS) is 11.0. The Labute approximate surface area is 78.1 Å². The van der Waals surface area contributed by atoms with E-state index in [9.17, 15) is 0 Å². The molecule has 0 aliphatic rings. The molecule has 0 heterocycles. The molecule has 0 aromatic rings. The van der Waals surface area contributed by atoms with E-state index < -0.39 is 0 Å². The van der Waals surface area contributed by atoms with E-state index in [1.807, 2.05) is 0 Å². The molecule has 0 bridgehead atoms. The smallest absolute Gasteiger partial charge is 0.00248 e. The maximum absolute atomic E-state index is 2.27. The van der Waals surface area contributed by atoms with Gasteiger partial charge < -0.3 is 4.90 Å². The molecule has 0 aromatic heterocycles. The second-order valence-electron chi connectivity index (χ2n) is 3.92. The van der Waals surface area contributed by atoms with Crippen LogP contribution in [-0.2, 0) is 0 Å². The summed E-state index contributed by atoms with van der Waals surface area (Å²) in [6, 6.07) is 0. The van der Waals surface area contributed by atoms with Crippen LogP contribution in [0.2, 0.25) is 0 Å². The Morgan fingerprint density at radius 2 is 1.25 bits per heavy atom. The van der Waals surface area contributed by atoms with Gasteiger partial charge in [-0.05, 0) is 27.1 Å². The number of hydrogen-bond donors (Lipinski definition) is 0. The van der Waals surface area contributed by atoms with E-state index >= 15 is 0 Å². The summed E-state index contributed by atoms with van der Waals surface area (Å²) in [5.41, 5.74) is 0. The van der Waals surface area contributed by atoms with Crippen LogP contribution in [0.25, 0.3) is 0 Å². The van der Waals surface area contributed by atoms with E-state index in [4.69, 9.17) is 0 Å². The van der Waals surface area contributed by atoms with Crippen molar-refractivity contribution >= 4 is 0 Å². The predicted molar refractivity (Wildman–Crippen MR) is 56.5 cm³/mol. The summed E-state index contributed by atoms with van der Waals surface area (Å²) < 4.78 is 0. The van der Waals surface area contributed by atoms with E-state index in [0.717, 1.165) is 0 Å². The molecule has 74 valence electrons. The Morgan fingerprint density at radius 1 is 0.750 bits per heavy atom. The molecule has 0 aromatic carbocycles. The fourth-order valence-corrected chi connectivity index (χ4v) is 1.39. The molecule has 0 N–H and O–H groups in total. The first-order valence-corrected chi connectivity index (χ1v) is 5.42. The van der Waals surface area contributed by atoms with Crippen LogP contribution in [0.4, 0.5) is 0 Å². The number of unbranched alkanes of at least 4 members (excludes halogenated alkanes) is 6. The second kappa shape index (κ2) is 9.05. The quantitative estimate of drug-likeness (QED) is 0.506. The molecule has 12 heavy (non-hydrogen) atoms. The topological polar surface area (TPSA) is 3.24 Å². The van der Waals surface area contributed by atoms with Crippen molar-refractivity contribution in [3.63, 3.8) is 0 Å². The van der Waals surface area contributed by atoms with Crippen LogP contribution in [0.15, 0.2) is 0 Å². The van der Waals surface area contributed by atoms with Gasteiger partial charge in [0.1, 0.15) is 0 Å². The Balaban J connectivity index is 2.82. The zero-order chi connectivity index (χ0) is 9.23. The molecule has 0 aliphatic heterocycles. The minimum Gasteiger partial charge on any atom is -0.309 e. The fourth-order valence-electron chi connectivity index (χ4n) is 1.39. The van der Waals surface area contributed by atoms with Gasteiger partial charge in [-0.25, -0.2) is 0 Å². The molecule has 0 atom stereocenters. The Kier molecular flexibility index (Phi) is 9.02. The summed E-state index contributed by atoms with van der Waals surface area (Å²) in [6.07, 6.45) is 9.90. The van der Waals surface area contributed by atoms with Crippen molar-refractivity contribution in [3.8, 4) is 0 Å². The standard InChI is InChI=1S/C11H25N/c1-4-5-6-7-8-9-10-11-12(2)3/h4-11H2,1-3H3. The summed E-state index contributed by atoms with van der Waals surface area (Å²) in [7, 11) is 4.30. The summed E-state index contributed by atoms with van der Waals surface area (Å²) in [4.78, 5) is 2.27. The van der Waals surface area contributed by atoms with Gasteiger partial charge in [0.15, 0.2) is 0 Å². The number of nitrogens with zero attached hydrogens (tertiary/aromatic N) is 1. The lowest BCUT2D eigenvalue weighted by Crippen LogP contribution is -2.12. The minimum absolute atomic E-state index is 1.26. The van der Waals surface area contributed by atoms with Crippen LogP contribution in [-0.4, -0.2) is 25.5 Å². The van der Waals surface area contributed by atoms with Gasteiger partial charge in [0.2, 0.25) is 0 Å². The Bertz CT molecular complexity index is 79.1. The lowest BCUT2D eigenvalue weighted by molar-refractivity contribution is 0.389. The zero-order valence-corrected chi connectivity index (χ0v) is 9.10.